The molecule has 4 heteroatoms. The minimum absolute atomic E-state index is 0.862. The molecule has 0 aromatic carbocycles. The first-order valence-corrected chi connectivity index (χ1v) is 4.83. The van der Waals surface area contributed by atoms with E-state index in [4.69, 9.17) is 0 Å². The van der Waals surface area contributed by atoms with E-state index >= 15 is 0 Å². The SMILES string of the molecule is Brc1cc(I)cc(Br)n1. The second-order valence-corrected chi connectivity index (χ2v) is 4.30. The fraction of sp³-hybridized carbons (Fsp3) is 0. The lowest BCUT2D eigenvalue weighted by Gasteiger charge is -1.92. The third kappa shape index (κ3) is 2.51. The smallest absolute Gasteiger partial charge is 0.108 e. The summed E-state index contributed by atoms with van der Waals surface area (Å²) in [6.45, 7) is 0. The van der Waals surface area contributed by atoms with Crippen LogP contribution in [0, 0.1) is 3.57 Å². The highest BCUT2D eigenvalue weighted by molar-refractivity contribution is 14.1. The molecule has 1 aromatic rings. The maximum absolute atomic E-state index is 4.06. The molecular weight excluding hydrogens is 361 g/mol. The number of pyridine rings is 1. The highest BCUT2D eigenvalue weighted by atomic mass is 127. The average Bonchev–Trinajstić information content (AvgIpc) is 1.59. The van der Waals surface area contributed by atoms with Gasteiger partial charge in [0.2, 0.25) is 0 Å². The van der Waals surface area contributed by atoms with Crippen LogP contribution in [0.2, 0.25) is 0 Å². The van der Waals surface area contributed by atoms with Crippen molar-refractivity contribution in [2.24, 2.45) is 0 Å². The molecule has 0 spiro atoms. The van der Waals surface area contributed by atoms with E-state index in [-0.39, 0.29) is 0 Å². The van der Waals surface area contributed by atoms with Crippen LogP contribution in [0.3, 0.4) is 0 Å². The largest absolute Gasteiger partial charge is 0.234 e. The minimum atomic E-state index is 0.862. The van der Waals surface area contributed by atoms with Crippen molar-refractivity contribution in [2.75, 3.05) is 0 Å². The monoisotopic (exact) mass is 361 g/mol. The molecule has 0 amide bonds. The Morgan fingerprint density at radius 2 is 1.67 bits per heavy atom. The molecule has 1 rings (SSSR count). The fourth-order valence-electron chi connectivity index (χ4n) is 0.436. The Morgan fingerprint density at radius 1 is 1.22 bits per heavy atom. The molecule has 0 aliphatic heterocycles. The van der Waals surface area contributed by atoms with Crippen molar-refractivity contribution in [3.8, 4) is 0 Å². The zero-order valence-electron chi connectivity index (χ0n) is 4.24. The summed E-state index contributed by atoms with van der Waals surface area (Å²) in [5.74, 6) is 0. The minimum Gasteiger partial charge on any atom is -0.234 e. The van der Waals surface area contributed by atoms with Crippen LogP contribution < -0.4 is 0 Å². The van der Waals surface area contributed by atoms with Crippen LogP contribution in [-0.4, -0.2) is 4.98 Å². The lowest BCUT2D eigenvalue weighted by molar-refractivity contribution is 1.22. The van der Waals surface area contributed by atoms with Gasteiger partial charge in [-0.05, 0) is 66.6 Å². The van der Waals surface area contributed by atoms with Crippen LogP contribution in [0.1, 0.15) is 0 Å². The molecule has 0 atom stereocenters. The molecule has 1 aromatic heterocycles. The van der Waals surface area contributed by atoms with Crippen LogP contribution >= 0.6 is 54.5 Å². The van der Waals surface area contributed by atoms with Gasteiger partial charge in [0, 0.05) is 3.57 Å². The van der Waals surface area contributed by atoms with Gasteiger partial charge in [-0.3, -0.25) is 0 Å². The number of halogens is 3. The normalized spacial score (nSPS) is 9.67. The Labute approximate surface area is 83.6 Å². The average molecular weight is 363 g/mol. The first-order valence-electron chi connectivity index (χ1n) is 2.17. The van der Waals surface area contributed by atoms with Crippen LogP contribution in [0.15, 0.2) is 21.3 Å². The molecule has 0 fully saturated rings. The van der Waals surface area contributed by atoms with Gasteiger partial charge in [-0.15, -0.1) is 0 Å². The molecule has 1 nitrogen and oxygen atoms in total. The van der Waals surface area contributed by atoms with Gasteiger partial charge in [-0.2, -0.15) is 0 Å². The fourth-order valence-corrected chi connectivity index (χ4v) is 2.99. The van der Waals surface area contributed by atoms with Gasteiger partial charge in [0.05, 0.1) is 0 Å². The third-order valence-electron chi connectivity index (χ3n) is 0.728. The topological polar surface area (TPSA) is 12.9 Å². The first kappa shape index (κ1) is 7.94. The van der Waals surface area contributed by atoms with E-state index in [1.54, 1.807) is 0 Å². The van der Waals surface area contributed by atoms with Gasteiger partial charge in [-0.1, -0.05) is 0 Å². The predicted octanol–water partition coefficient (Wildman–Crippen LogP) is 3.21. The number of rotatable bonds is 0. The highest BCUT2D eigenvalue weighted by Gasteiger charge is 1.93. The molecule has 48 valence electrons. The highest BCUT2D eigenvalue weighted by Crippen LogP contribution is 2.16. The van der Waals surface area contributed by atoms with Crippen LogP contribution in [0.25, 0.3) is 0 Å². The quantitative estimate of drug-likeness (QED) is 0.510. The Morgan fingerprint density at radius 3 is 2.00 bits per heavy atom. The van der Waals surface area contributed by atoms with Crippen molar-refractivity contribution in [3.05, 3.63) is 24.9 Å². The van der Waals surface area contributed by atoms with Gasteiger partial charge in [0.25, 0.3) is 0 Å². The van der Waals surface area contributed by atoms with E-state index in [9.17, 15) is 0 Å². The number of hydrogen-bond acceptors (Lipinski definition) is 1. The maximum atomic E-state index is 4.06. The second-order valence-electron chi connectivity index (χ2n) is 1.43. The molecule has 0 unspecified atom stereocenters. The van der Waals surface area contributed by atoms with Crippen molar-refractivity contribution >= 4 is 54.5 Å². The standard InChI is InChI=1S/C5H2Br2IN/c6-4-1-3(8)2-5(7)9-4/h1-2H. The maximum Gasteiger partial charge on any atom is 0.108 e. The predicted molar refractivity (Wildman–Crippen MR) is 52.4 cm³/mol. The Kier molecular flexibility index (Phi) is 2.91. The van der Waals surface area contributed by atoms with Crippen molar-refractivity contribution in [3.63, 3.8) is 0 Å². The van der Waals surface area contributed by atoms with Gasteiger partial charge >= 0.3 is 0 Å². The summed E-state index contributed by atoms with van der Waals surface area (Å²) < 4.78 is 2.89. The van der Waals surface area contributed by atoms with E-state index in [0.29, 0.717) is 0 Å². The molecule has 0 saturated carbocycles. The molecule has 0 aliphatic rings. The van der Waals surface area contributed by atoms with Gasteiger partial charge < -0.3 is 0 Å². The summed E-state index contributed by atoms with van der Waals surface area (Å²) >= 11 is 8.77. The number of nitrogens with zero attached hydrogens (tertiary/aromatic N) is 1. The van der Waals surface area contributed by atoms with E-state index < -0.39 is 0 Å². The van der Waals surface area contributed by atoms with Crippen molar-refractivity contribution in [1.82, 2.24) is 4.98 Å². The van der Waals surface area contributed by atoms with E-state index in [2.05, 4.69) is 59.4 Å². The number of hydrogen-bond donors (Lipinski definition) is 0. The van der Waals surface area contributed by atoms with E-state index in [1.165, 1.54) is 3.57 Å². The molecule has 0 aliphatic carbocycles. The molecule has 0 N–H and O–H groups in total. The summed E-state index contributed by atoms with van der Waals surface area (Å²) in [6.07, 6.45) is 0. The van der Waals surface area contributed by atoms with E-state index in [1.807, 2.05) is 12.1 Å². The van der Waals surface area contributed by atoms with Crippen molar-refractivity contribution < 1.29 is 0 Å². The lowest BCUT2D eigenvalue weighted by atomic mass is 10.5. The van der Waals surface area contributed by atoms with Crippen LogP contribution in [0.4, 0.5) is 0 Å². The zero-order chi connectivity index (χ0) is 6.85. The second kappa shape index (κ2) is 3.30. The van der Waals surface area contributed by atoms with Crippen LogP contribution in [-0.2, 0) is 0 Å². The van der Waals surface area contributed by atoms with Gasteiger partial charge in [-0.25, -0.2) is 4.98 Å². The van der Waals surface area contributed by atoms with Gasteiger partial charge in [0.1, 0.15) is 9.21 Å². The van der Waals surface area contributed by atoms with Crippen molar-refractivity contribution in [2.45, 2.75) is 0 Å². The summed E-state index contributed by atoms with van der Waals surface area (Å²) in [6, 6.07) is 3.90. The van der Waals surface area contributed by atoms with Crippen molar-refractivity contribution in [1.29, 1.82) is 0 Å². The first-order chi connectivity index (χ1) is 4.18. The Hall–Kier alpha value is 0.840. The molecule has 9 heavy (non-hydrogen) atoms. The van der Waals surface area contributed by atoms with Crippen LogP contribution in [0.5, 0.6) is 0 Å². The van der Waals surface area contributed by atoms with E-state index in [0.717, 1.165) is 9.21 Å². The summed E-state index contributed by atoms with van der Waals surface area (Å²) in [7, 11) is 0. The summed E-state index contributed by atoms with van der Waals surface area (Å²) in [5.41, 5.74) is 0. The molecule has 1 heterocycles. The third-order valence-corrected chi connectivity index (χ3v) is 2.16. The molecule has 0 bridgehead atoms. The Balaban J connectivity index is 3.17. The summed E-state index contributed by atoms with van der Waals surface area (Å²) in [5, 5.41) is 0. The molecular formula is C5H2Br2IN. The molecule has 0 radical (unpaired) electrons. The zero-order valence-corrected chi connectivity index (χ0v) is 9.57. The Bertz CT molecular complexity index is 176. The summed E-state index contributed by atoms with van der Waals surface area (Å²) in [4.78, 5) is 4.06. The lowest BCUT2D eigenvalue weighted by Crippen LogP contribution is -1.78. The molecule has 0 saturated heterocycles. The van der Waals surface area contributed by atoms with Gasteiger partial charge in [0.15, 0.2) is 0 Å². The number of aromatic nitrogens is 1.